The molecule has 0 aromatic heterocycles. The van der Waals surface area contributed by atoms with Crippen LogP contribution in [0.5, 0.6) is 0 Å². The first-order chi connectivity index (χ1) is 18.0. The van der Waals surface area contributed by atoms with E-state index < -0.39 is 0 Å². The van der Waals surface area contributed by atoms with E-state index in [-0.39, 0.29) is 24.3 Å². The number of benzene rings is 4. The zero-order valence-electron chi connectivity index (χ0n) is 21.3. The minimum atomic E-state index is -0.104. The molecule has 4 aromatic rings. The summed E-state index contributed by atoms with van der Waals surface area (Å²) in [6, 6.07) is 35.4. The first-order valence-electron chi connectivity index (χ1n) is 12.5. The minimum Gasteiger partial charge on any atom is -0.349 e. The van der Waals surface area contributed by atoms with Crippen LogP contribution in [-0.4, -0.2) is 11.8 Å². The van der Waals surface area contributed by atoms with Crippen molar-refractivity contribution in [2.24, 2.45) is 0 Å². The van der Waals surface area contributed by atoms with Gasteiger partial charge in [-0.05, 0) is 54.3 Å². The van der Waals surface area contributed by atoms with Crippen molar-refractivity contribution >= 4 is 23.6 Å². The molecule has 1 atom stereocenters. The summed E-state index contributed by atoms with van der Waals surface area (Å²) in [7, 11) is 0. The van der Waals surface area contributed by atoms with E-state index in [1.165, 1.54) is 0 Å². The molecule has 0 radical (unpaired) electrons. The molecule has 4 heteroatoms. The van der Waals surface area contributed by atoms with E-state index in [2.05, 4.69) is 11.4 Å². The summed E-state index contributed by atoms with van der Waals surface area (Å²) in [4.78, 5) is 27.7. The summed E-state index contributed by atoms with van der Waals surface area (Å²) in [5, 5.41) is 3.06. The number of nitrogens with zero attached hydrogens (tertiary/aromatic N) is 1. The molecule has 0 saturated carbocycles. The first-order valence-corrected chi connectivity index (χ1v) is 12.5. The molecule has 0 bridgehead atoms. The van der Waals surface area contributed by atoms with Gasteiger partial charge in [0.15, 0.2) is 0 Å². The Morgan fingerprint density at radius 3 is 2.16 bits per heavy atom. The van der Waals surface area contributed by atoms with Crippen LogP contribution in [0.4, 0.5) is 5.69 Å². The lowest BCUT2D eigenvalue weighted by atomic mass is 10.1. The van der Waals surface area contributed by atoms with Crippen LogP contribution in [0.25, 0.3) is 6.08 Å². The molecule has 0 saturated heterocycles. The second-order valence-corrected chi connectivity index (χ2v) is 9.20. The first kappa shape index (κ1) is 25.6. The normalized spacial score (nSPS) is 11.7. The standard InChI is InChI=1S/C33H32N2O2/c1-25-10-9-13-29(22-25)24-35(33(37)21-18-27-11-5-3-6-12-27)31-19-16-28(17-20-31)23-32(36)34-26(2)30-14-7-4-8-15-30/h3-22,26H,23-24H2,1-2H3,(H,34,36)/b21-18+. The molecule has 0 fully saturated rings. The fourth-order valence-corrected chi connectivity index (χ4v) is 4.21. The van der Waals surface area contributed by atoms with Gasteiger partial charge in [-0.15, -0.1) is 0 Å². The predicted octanol–water partition coefficient (Wildman–Crippen LogP) is 6.66. The van der Waals surface area contributed by atoms with Gasteiger partial charge in [0.1, 0.15) is 0 Å². The van der Waals surface area contributed by atoms with Crippen LogP contribution in [-0.2, 0) is 22.6 Å². The second kappa shape index (κ2) is 12.5. The van der Waals surface area contributed by atoms with Crippen molar-refractivity contribution in [3.63, 3.8) is 0 Å². The highest BCUT2D eigenvalue weighted by molar-refractivity contribution is 6.03. The van der Waals surface area contributed by atoms with Gasteiger partial charge in [-0.2, -0.15) is 0 Å². The Morgan fingerprint density at radius 1 is 0.811 bits per heavy atom. The average molecular weight is 489 g/mol. The van der Waals surface area contributed by atoms with E-state index in [1.807, 2.05) is 123 Å². The monoisotopic (exact) mass is 488 g/mol. The summed E-state index contributed by atoms with van der Waals surface area (Å²) in [5.74, 6) is -0.143. The highest BCUT2D eigenvalue weighted by atomic mass is 16.2. The number of anilines is 1. The Labute approximate surface area is 219 Å². The molecule has 1 unspecified atom stereocenters. The molecule has 0 aliphatic heterocycles. The van der Waals surface area contributed by atoms with Crippen LogP contribution in [0.3, 0.4) is 0 Å². The van der Waals surface area contributed by atoms with E-state index in [0.29, 0.717) is 6.54 Å². The van der Waals surface area contributed by atoms with Gasteiger partial charge in [-0.25, -0.2) is 0 Å². The third-order valence-corrected chi connectivity index (χ3v) is 6.20. The van der Waals surface area contributed by atoms with Gasteiger partial charge >= 0.3 is 0 Å². The van der Waals surface area contributed by atoms with Crippen LogP contribution in [0.2, 0.25) is 0 Å². The molecule has 0 aliphatic carbocycles. The Hall–Kier alpha value is -4.44. The summed E-state index contributed by atoms with van der Waals surface area (Å²) in [6.45, 7) is 4.48. The van der Waals surface area contributed by atoms with Crippen LogP contribution in [0, 0.1) is 6.92 Å². The van der Waals surface area contributed by atoms with Crippen LogP contribution in [0.15, 0.2) is 115 Å². The quantitative estimate of drug-likeness (QED) is 0.268. The predicted molar refractivity (Wildman–Crippen MR) is 151 cm³/mol. The molecule has 0 aliphatic rings. The van der Waals surface area contributed by atoms with Crippen molar-refractivity contribution < 1.29 is 9.59 Å². The van der Waals surface area contributed by atoms with Gasteiger partial charge in [0.2, 0.25) is 5.91 Å². The zero-order valence-corrected chi connectivity index (χ0v) is 21.3. The van der Waals surface area contributed by atoms with Crippen LogP contribution in [0.1, 0.15) is 40.8 Å². The SMILES string of the molecule is Cc1cccc(CN(C(=O)/C=C/c2ccccc2)c2ccc(CC(=O)NC(C)c3ccccc3)cc2)c1. The average Bonchev–Trinajstić information content (AvgIpc) is 2.92. The van der Waals surface area contributed by atoms with Crippen molar-refractivity contribution in [1.82, 2.24) is 5.32 Å². The largest absolute Gasteiger partial charge is 0.349 e. The zero-order chi connectivity index (χ0) is 26.0. The Balaban J connectivity index is 1.48. The number of carbonyl (C=O) groups is 2. The molecule has 0 heterocycles. The maximum atomic E-state index is 13.3. The molecule has 4 rings (SSSR count). The lowest BCUT2D eigenvalue weighted by molar-refractivity contribution is -0.121. The van der Waals surface area contributed by atoms with Gasteiger partial charge in [0.05, 0.1) is 19.0 Å². The summed E-state index contributed by atoms with van der Waals surface area (Å²) in [5.41, 5.74) is 5.92. The van der Waals surface area contributed by atoms with Crippen molar-refractivity contribution in [1.29, 1.82) is 0 Å². The van der Waals surface area contributed by atoms with Gasteiger partial charge < -0.3 is 10.2 Å². The maximum absolute atomic E-state index is 13.3. The van der Waals surface area contributed by atoms with Gasteiger partial charge in [-0.3, -0.25) is 9.59 Å². The Morgan fingerprint density at radius 2 is 1.49 bits per heavy atom. The third kappa shape index (κ3) is 7.52. The third-order valence-electron chi connectivity index (χ3n) is 6.20. The molecular formula is C33H32N2O2. The van der Waals surface area contributed by atoms with Crippen molar-refractivity contribution in [2.45, 2.75) is 32.9 Å². The number of nitrogens with one attached hydrogen (secondary N) is 1. The topological polar surface area (TPSA) is 49.4 Å². The lowest BCUT2D eigenvalue weighted by Gasteiger charge is -2.22. The molecular weight excluding hydrogens is 456 g/mol. The van der Waals surface area contributed by atoms with E-state index in [9.17, 15) is 9.59 Å². The number of hydrogen-bond donors (Lipinski definition) is 1. The van der Waals surface area contributed by atoms with E-state index >= 15 is 0 Å². The van der Waals surface area contributed by atoms with E-state index in [0.717, 1.165) is 33.5 Å². The fourth-order valence-electron chi connectivity index (χ4n) is 4.21. The highest BCUT2D eigenvalue weighted by Crippen LogP contribution is 2.21. The molecule has 186 valence electrons. The fraction of sp³-hybridized carbons (Fsp3) is 0.152. The van der Waals surface area contributed by atoms with Crippen molar-refractivity contribution in [3.05, 3.63) is 143 Å². The molecule has 37 heavy (non-hydrogen) atoms. The van der Waals surface area contributed by atoms with Crippen LogP contribution < -0.4 is 10.2 Å². The maximum Gasteiger partial charge on any atom is 0.251 e. The number of rotatable bonds is 9. The molecule has 0 spiro atoms. The van der Waals surface area contributed by atoms with Gasteiger partial charge in [-0.1, -0.05) is 103 Å². The number of aryl methyl sites for hydroxylation is 1. The smallest absolute Gasteiger partial charge is 0.251 e. The summed E-state index contributed by atoms with van der Waals surface area (Å²) < 4.78 is 0. The van der Waals surface area contributed by atoms with Crippen molar-refractivity contribution in [3.8, 4) is 0 Å². The molecule has 4 nitrogen and oxygen atoms in total. The van der Waals surface area contributed by atoms with E-state index in [1.54, 1.807) is 11.0 Å². The van der Waals surface area contributed by atoms with Crippen molar-refractivity contribution in [2.75, 3.05) is 4.90 Å². The van der Waals surface area contributed by atoms with Crippen LogP contribution >= 0.6 is 0 Å². The van der Waals surface area contributed by atoms with Gasteiger partial charge in [0.25, 0.3) is 5.91 Å². The Bertz CT molecular complexity index is 1350. The molecule has 1 N–H and O–H groups in total. The number of carbonyl (C=O) groups excluding carboxylic acids is 2. The second-order valence-electron chi connectivity index (χ2n) is 9.20. The highest BCUT2D eigenvalue weighted by Gasteiger charge is 2.15. The minimum absolute atomic E-state index is 0.0393. The number of amides is 2. The summed E-state index contributed by atoms with van der Waals surface area (Å²) in [6.07, 6.45) is 3.72. The van der Waals surface area contributed by atoms with Gasteiger partial charge in [0, 0.05) is 11.8 Å². The van der Waals surface area contributed by atoms with E-state index in [4.69, 9.17) is 0 Å². The molecule has 4 aromatic carbocycles. The molecule has 2 amide bonds. The summed E-state index contributed by atoms with van der Waals surface area (Å²) >= 11 is 0. The Kier molecular flexibility index (Phi) is 8.66. The number of hydrogen-bond acceptors (Lipinski definition) is 2. The lowest BCUT2D eigenvalue weighted by Crippen LogP contribution is -2.29.